The van der Waals surface area contributed by atoms with Gasteiger partial charge in [0.15, 0.2) is 0 Å². The van der Waals surface area contributed by atoms with Gasteiger partial charge in [0.1, 0.15) is 0 Å². The lowest BCUT2D eigenvalue weighted by Gasteiger charge is -2.32. The molecule has 2 bridgehead atoms. The highest BCUT2D eigenvalue weighted by molar-refractivity contribution is 7.88. The lowest BCUT2D eigenvalue weighted by atomic mass is 9.93. The summed E-state index contributed by atoms with van der Waals surface area (Å²) in [6.07, 6.45) is 6.25. The second-order valence-corrected chi connectivity index (χ2v) is 10.7. The third kappa shape index (κ3) is 4.21. The first-order chi connectivity index (χ1) is 12.9. The zero-order valence-electron chi connectivity index (χ0n) is 16.1. The van der Waals surface area contributed by atoms with Crippen LogP contribution in [0, 0.1) is 24.7 Å². The topological polar surface area (TPSA) is 66.5 Å². The van der Waals surface area contributed by atoms with Crippen molar-refractivity contribution in [3.05, 3.63) is 35.4 Å². The number of carbonyl (C=O) groups excluding carboxylic acids is 1. The van der Waals surface area contributed by atoms with Crippen LogP contribution in [0.2, 0.25) is 0 Å². The molecule has 1 amide bonds. The van der Waals surface area contributed by atoms with Crippen molar-refractivity contribution >= 4 is 15.9 Å². The number of carbonyl (C=O) groups is 1. The molecule has 0 aromatic heterocycles. The molecule has 3 fully saturated rings. The predicted molar refractivity (Wildman–Crippen MR) is 105 cm³/mol. The molecular formula is C21H30N2O3S. The molecule has 4 rings (SSSR count). The first-order valence-corrected chi connectivity index (χ1v) is 11.9. The lowest BCUT2D eigenvalue weighted by Crippen LogP contribution is -2.46. The second kappa shape index (κ2) is 7.55. The fourth-order valence-corrected chi connectivity index (χ4v) is 6.67. The second-order valence-electron chi connectivity index (χ2n) is 8.71. The third-order valence-corrected chi connectivity index (χ3v) is 8.60. The van der Waals surface area contributed by atoms with E-state index in [-0.39, 0.29) is 17.6 Å². The van der Waals surface area contributed by atoms with Gasteiger partial charge in [-0.2, -0.15) is 0 Å². The Morgan fingerprint density at radius 3 is 2.37 bits per heavy atom. The van der Waals surface area contributed by atoms with E-state index in [4.69, 9.17) is 0 Å². The van der Waals surface area contributed by atoms with Crippen LogP contribution < -0.4 is 5.32 Å². The van der Waals surface area contributed by atoms with Crippen LogP contribution >= 0.6 is 0 Å². The average Bonchev–Trinajstić information content (AvgIpc) is 3.27. The van der Waals surface area contributed by atoms with Crippen LogP contribution in [0.25, 0.3) is 0 Å². The van der Waals surface area contributed by atoms with Gasteiger partial charge in [-0.3, -0.25) is 4.79 Å². The molecule has 0 spiro atoms. The van der Waals surface area contributed by atoms with Crippen LogP contribution in [-0.2, 0) is 20.6 Å². The Morgan fingerprint density at radius 1 is 1.07 bits per heavy atom. The van der Waals surface area contributed by atoms with Crippen LogP contribution in [0.15, 0.2) is 24.3 Å². The quantitative estimate of drug-likeness (QED) is 0.841. The summed E-state index contributed by atoms with van der Waals surface area (Å²) >= 11 is 0. The van der Waals surface area contributed by atoms with Gasteiger partial charge in [0.05, 0.1) is 5.75 Å². The van der Waals surface area contributed by atoms with E-state index >= 15 is 0 Å². The highest BCUT2D eigenvalue weighted by atomic mass is 32.2. The molecule has 1 N–H and O–H groups in total. The molecule has 1 aromatic rings. The van der Waals surface area contributed by atoms with Gasteiger partial charge in [-0.15, -0.1) is 0 Å². The molecule has 5 nitrogen and oxygen atoms in total. The minimum atomic E-state index is -3.33. The van der Waals surface area contributed by atoms with Crippen molar-refractivity contribution in [3.63, 3.8) is 0 Å². The molecule has 6 heteroatoms. The van der Waals surface area contributed by atoms with Gasteiger partial charge in [-0.1, -0.05) is 36.2 Å². The number of amides is 1. The van der Waals surface area contributed by atoms with Crippen molar-refractivity contribution in [1.29, 1.82) is 0 Å². The standard InChI is InChI=1S/C21H30N2O3S/c1-15-2-4-16(5-3-15)14-27(25,26)23-10-8-18(9-11-23)21(24)22-20-13-17-6-7-19(20)12-17/h2-5,17-20H,6-14H2,1H3,(H,22,24)/t17-,19-,20+/m0/s1. The SMILES string of the molecule is Cc1ccc(CS(=O)(=O)N2CCC(C(=O)N[C@@H]3C[C@H]4CC[C@H]3C4)CC2)cc1. The number of nitrogens with one attached hydrogen (secondary N) is 1. The number of hydrogen-bond acceptors (Lipinski definition) is 3. The normalized spacial score (nSPS) is 29.1. The zero-order valence-corrected chi connectivity index (χ0v) is 16.9. The van der Waals surface area contributed by atoms with Gasteiger partial charge < -0.3 is 5.32 Å². The molecule has 27 heavy (non-hydrogen) atoms. The maximum atomic E-state index is 12.7. The van der Waals surface area contributed by atoms with Crippen LogP contribution in [0.4, 0.5) is 0 Å². The van der Waals surface area contributed by atoms with Gasteiger partial charge in [0, 0.05) is 25.0 Å². The minimum Gasteiger partial charge on any atom is -0.353 e. The Bertz CT molecular complexity index is 782. The first-order valence-electron chi connectivity index (χ1n) is 10.2. The van der Waals surface area contributed by atoms with Gasteiger partial charge in [0.25, 0.3) is 0 Å². The highest BCUT2D eigenvalue weighted by Crippen LogP contribution is 2.44. The van der Waals surface area contributed by atoms with E-state index < -0.39 is 10.0 Å². The molecule has 0 unspecified atom stereocenters. The smallest absolute Gasteiger partial charge is 0.223 e. The zero-order chi connectivity index (χ0) is 19.0. The van der Waals surface area contributed by atoms with Crippen LogP contribution in [0.3, 0.4) is 0 Å². The van der Waals surface area contributed by atoms with Crippen molar-refractivity contribution in [1.82, 2.24) is 9.62 Å². The summed E-state index contributed by atoms with van der Waals surface area (Å²) in [6.45, 7) is 2.89. The van der Waals surface area contributed by atoms with Crippen molar-refractivity contribution in [2.45, 2.75) is 57.2 Å². The molecule has 1 heterocycles. The summed E-state index contributed by atoms with van der Waals surface area (Å²) in [7, 11) is -3.33. The monoisotopic (exact) mass is 390 g/mol. The summed E-state index contributed by atoms with van der Waals surface area (Å²) < 4.78 is 27.0. The number of benzene rings is 1. The number of piperidine rings is 1. The molecule has 2 aliphatic carbocycles. The van der Waals surface area contributed by atoms with Gasteiger partial charge in [-0.05, 0) is 56.4 Å². The number of rotatable bonds is 5. The van der Waals surface area contributed by atoms with E-state index in [1.165, 1.54) is 19.3 Å². The van der Waals surface area contributed by atoms with E-state index in [9.17, 15) is 13.2 Å². The maximum absolute atomic E-state index is 12.7. The van der Waals surface area contributed by atoms with E-state index in [1.807, 2.05) is 31.2 Å². The lowest BCUT2D eigenvalue weighted by molar-refractivity contribution is -0.127. The van der Waals surface area contributed by atoms with Crippen molar-refractivity contribution in [2.75, 3.05) is 13.1 Å². The average molecular weight is 391 g/mol. The van der Waals surface area contributed by atoms with E-state index in [0.29, 0.717) is 37.9 Å². The third-order valence-electron chi connectivity index (χ3n) is 6.75. The molecular weight excluding hydrogens is 360 g/mol. The molecule has 148 valence electrons. The summed E-state index contributed by atoms with van der Waals surface area (Å²) in [4.78, 5) is 12.6. The highest BCUT2D eigenvalue weighted by Gasteiger charge is 2.41. The molecule has 3 atom stereocenters. The molecule has 0 radical (unpaired) electrons. The number of nitrogens with zero attached hydrogens (tertiary/aromatic N) is 1. The fraction of sp³-hybridized carbons (Fsp3) is 0.667. The summed E-state index contributed by atoms with van der Waals surface area (Å²) in [5.41, 5.74) is 1.94. The van der Waals surface area contributed by atoms with Crippen molar-refractivity contribution in [3.8, 4) is 0 Å². The Hall–Kier alpha value is -1.40. The van der Waals surface area contributed by atoms with E-state index in [1.54, 1.807) is 4.31 Å². The Kier molecular flexibility index (Phi) is 5.30. The minimum absolute atomic E-state index is 0.0370. The van der Waals surface area contributed by atoms with Crippen LogP contribution in [0.1, 0.15) is 49.7 Å². The summed E-state index contributed by atoms with van der Waals surface area (Å²) in [5.74, 6) is 1.62. The Labute approximate surface area is 162 Å². The molecule has 1 aliphatic heterocycles. The number of hydrogen-bond donors (Lipinski definition) is 1. The van der Waals surface area contributed by atoms with Gasteiger partial charge >= 0.3 is 0 Å². The van der Waals surface area contributed by atoms with Crippen LogP contribution in [0.5, 0.6) is 0 Å². The summed E-state index contributed by atoms with van der Waals surface area (Å²) in [5, 5.41) is 3.27. The van der Waals surface area contributed by atoms with E-state index in [0.717, 1.165) is 23.5 Å². The van der Waals surface area contributed by atoms with Crippen molar-refractivity contribution in [2.24, 2.45) is 17.8 Å². The first kappa shape index (κ1) is 18.9. The van der Waals surface area contributed by atoms with Crippen molar-refractivity contribution < 1.29 is 13.2 Å². The van der Waals surface area contributed by atoms with E-state index in [2.05, 4.69) is 5.32 Å². The van der Waals surface area contributed by atoms with Crippen LogP contribution in [-0.4, -0.2) is 37.8 Å². The maximum Gasteiger partial charge on any atom is 0.223 e. The number of aryl methyl sites for hydroxylation is 1. The number of fused-ring (bicyclic) bond motifs is 2. The molecule has 3 aliphatic rings. The predicted octanol–water partition coefficient (Wildman–Crippen LogP) is 2.84. The fourth-order valence-electron chi connectivity index (χ4n) is 5.10. The summed E-state index contributed by atoms with van der Waals surface area (Å²) in [6, 6.07) is 8.00. The molecule has 1 saturated heterocycles. The largest absolute Gasteiger partial charge is 0.353 e. The molecule has 1 aromatic carbocycles. The Balaban J connectivity index is 1.29. The Morgan fingerprint density at radius 2 is 1.78 bits per heavy atom. The number of sulfonamides is 1. The molecule has 2 saturated carbocycles. The van der Waals surface area contributed by atoms with Gasteiger partial charge in [0.2, 0.25) is 15.9 Å². The van der Waals surface area contributed by atoms with Gasteiger partial charge in [-0.25, -0.2) is 12.7 Å².